The molecular formula is C7H6ClNO. The van der Waals surface area contributed by atoms with Crippen molar-refractivity contribution >= 4 is 23.3 Å². The molecule has 1 aliphatic rings. The molecule has 0 fully saturated rings. The van der Waals surface area contributed by atoms with Crippen molar-refractivity contribution in [1.82, 2.24) is 0 Å². The predicted molar refractivity (Wildman–Crippen MR) is 41.2 cm³/mol. The van der Waals surface area contributed by atoms with Crippen molar-refractivity contribution in [3.63, 3.8) is 0 Å². The molecule has 0 saturated carbocycles. The summed E-state index contributed by atoms with van der Waals surface area (Å²) < 4.78 is 3.41. The minimum atomic E-state index is 0.0177. The highest BCUT2D eigenvalue weighted by molar-refractivity contribution is 6.27. The summed E-state index contributed by atoms with van der Waals surface area (Å²) in [6.45, 7) is 1.73. The summed E-state index contributed by atoms with van der Waals surface area (Å²) in [4.78, 5) is 10.8. The van der Waals surface area contributed by atoms with Gasteiger partial charge in [-0.15, -0.1) is 0 Å². The summed E-state index contributed by atoms with van der Waals surface area (Å²) in [7, 11) is 0. The molecule has 0 aromatic rings. The van der Waals surface area contributed by atoms with Crippen LogP contribution < -0.4 is 0 Å². The third-order valence-corrected chi connectivity index (χ3v) is 1.45. The third kappa shape index (κ3) is 1.33. The van der Waals surface area contributed by atoms with E-state index >= 15 is 0 Å². The monoisotopic (exact) mass is 155 g/mol. The highest BCUT2D eigenvalue weighted by Crippen LogP contribution is 2.05. The minimum Gasteiger partial charge on any atom is -0.290 e. The van der Waals surface area contributed by atoms with Crippen LogP contribution in [0.2, 0.25) is 0 Å². The number of hydrogen-bond acceptors (Lipinski definition) is 2. The summed E-state index contributed by atoms with van der Waals surface area (Å²) in [5, 5.41) is 0. The second kappa shape index (κ2) is 2.80. The quantitative estimate of drug-likeness (QED) is 0.490. The van der Waals surface area contributed by atoms with Gasteiger partial charge in [0.25, 0.3) is 0 Å². The molecule has 0 heterocycles. The second-order valence-corrected chi connectivity index (χ2v) is 2.20. The molecule has 0 atom stereocenters. The first kappa shape index (κ1) is 7.22. The lowest BCUT2D eigenvalue weighted by atomic mass is 10.1. The topological polar surface area (TPSA) is 29.4 Å². The molecule has 1 aliphatic carbocycles. The Kier molecular flexibility index (Phi) is 2.02. The van der Waals surface area contributed by atoms with E-state index in [2.05, 4.69) is 4.51 Å². The van der Waals surface area contributed by atoms with Crippen LogP contribution in [0.3, 0.4) is 0 Å². The van der Waals surface area contributed by atoms with Crippen LogP contribution in [-0.2, 0) is 4.79 Å². The van der Waals surface area contributed by atoms with Gasteiger partial charge in [-0.2, -0.15) is 4.51 Å². The average Bonchev–Trinajstić information content (AvgIpc) is 1.95. The van der Waals surface area contributed by atoms with Crippen LogP contribution in [0.1, 0.15) is 6.92 Å². The largest absolute Gasteiger partial charge is 0.290 e. The van der Waals surface area contributed by atoms with Gasteiger partial charge in [-0.1, -0.05) is 0 Å². The fourth-order valence-corrected chi connectivity index (χ4v) is 0.791. The van der Waals surface area contributed by atoms with Crippen LogP contribution >= 0.6 is 11.8 Å². The molecule has 2 nitrogen and oxygen atoms in total. The van der Waals surface area contributed by atoms with Gasteiger partial charge in [0.1, 0.15) is 0 Å². The van der Waals surface area contributed by atoms with Gasteiger partial charge in [0.15, 0.2) is 5.78 Å². The summed E-state index contributed by atoms with van der Waals surface area (Å²) >= 11 is 5.17. The molecule has 0 bridgehead atoms. The fourth-order valence-electron chi connectivity index (χ4n) is 0.686. The van der Waals surface area contributed by atoms with Gasteiger partial charge in [-0.3, -0.25) is 4.79 Å². The van der Waals surface area contributed by atoms with E-state index in [0.717, 1.165) is 0 Å². The van der Waals surface area contributed by atoms with Crippen molar-refractivity contribution in [2.24, 2.45) is 4.51 Å². The van der Waals surface area contributed by atoms with Crippen molar-refractivity contribution in [3.05, 3.63) is 23.8 Å². The maximum absolute atomic E-state index is 10.8. The Labute approximate surface area is 64.0 Å². The molecule has 52 valence electrons. The highest BCUT2D eigenvalue weighted by atomic mass is 35.5. The molecule has 10 heavy (non-hydrogen) atoms. The lowest BCUT2D eigenvalue weighted by Gasteiger charge is -2.00. The first-order chi connectivity index (χ1) is 4.74. The first-order valence-electron chi connectivity index (χ1n) is 2.83. The van der Waals surface area contributed by atoms with Crippen molar-refractivity contribution in [2.45, 2.75) is 6.92 Å². The highest BCUT2D eigenvalue weighted by Gasteiger charge is 2.05. The maximum atomic E-state index is 10.8. The van der Waals surface area contributed by atoms with Gasteiger partial charge in [-0.25, -0.2) is 0 Å². The van der Waals surface area contributed by atoms with Gasteiger partial charge in [0, 0.05) is 11.8 Å². The number of allylic oxidation sites excluding steroid dienone is 4. The van der Waals surface area contributed by atoms with Crippen LogP contribution in [0.25, 0.3) is 0 Å². The molecule has 0 aliphatic heterocycles. The van der Waals surface area contributed by atoms with E-state index in [1.807, 2.05) is 0 Å². The molecule has 0 aromatic carbocycles. The van der Waals surface area contributed by atoms with Crippen LogP contribution in [0.5, 0.6) is 0 Å². The molecule has 0 aromatic heterocycles. The van der Waals surface area contributed by atoms with Gasteiger partial charge in [0.05, 0.1) is 5.71 Å². The summed E-state index contributed by atoms with van der Waals surface area (Å²) in [5.41, 5.74) is 1.29. The molecule has 0 saturated heterocycles. The van der Waals surface area contributed by atoms with Gasteiger partial charge < -0.3 is 0 Å². The Hall–Kier alpha value is -0.890. The molecular weight excluding hydrogens is 150 g/mol. The summed E-state index contributed by atoms with van der Waals surface area (Å²) in [6.07, 6.45) is 4.69. The number of halogens is 1. The minimum absolute atomic E-state index is 0.0177. The molecule has 1 rings (SSSR count). The van der Waals surface area contributed by atoms with Gasteiger partial charge >= 0.3 is 0 Å². The number of nitrogens with zero attached hydrogens (tertiary/aromatic N) is 1. The van der Waals surface area contributed by atoms with Crippen LogP contribution in [-0.4, -0.2) is 11.5 Å². The fraction of sp³-hybridized carbons (Fsp3) is 0.143. The SMILES string of the molecule is CC1=C/C(=N\Cl)C=CC1=O. The number of rotatable bonds is 0. The maximum Gasteiger partial charge on any atom is 0.181 e. The predicted octanol–water partition coefficient (Wildman–Crippen LogP) is 1.67. The molecule has 0 unspecified atom stereocenters. The number of ketones is 1. The van der Waals surface area contributed by atoms with Crippen LogP contribution in [0.4, 0.5) is 0 Å². The van der Waals surface area contributed by atoms with Crippen molar-refractivity contribution in [2.75, 3.05) is 0 Å². The van der Waals surface area contributed by atoms with E-state index in [1.165, 1.54) is 6.08 Å². The molecule has 3 heteroatoms. The van der Waals surface area contributed by atoms with E-state index in [-0.39, 0.29) is 5.78 Å². The van der Waals surface area contributed by atoms with E-state index in [9.17, 15) is 4.79 Å². The van der Waals surface area contributed by atoms with Crippen molar-refractivity contribution in [1.29, 1.82) is 0 Å². The zero-order chi connectivity index (χ0) is 7.56. The normalized spacial score (nSPS) is 21.6. The Morgan fingerprint density at radius 2 is 2.20 bits per heavy atom. The first-order valence-corrected chi connectivity index (χ1v) is 3.17. The molecule has 0 spiro atoms. The number of carbonyl (C=O) groups excluding carboxylic acids is 1. The van der Waals surface area contributed by atoms with E-state index in [4.69, 9.17) is 11.8 Å². The zero-order valence-corrected chi connectivity index (χ0v) is 6.22. The lowest BCUT2D eigenvalue weighted by Crippen LogP contribution is -2.03. The zero-order valence-electron chi connectivity index (χ0n) is 5.47. The number of hydrogen-bond donors (Lipinski definition) is 0. The third-order valence-electron chi connectivity index (χ3n) is 1.26. The second-order valence-electron chi connectivity index (χ2n) is 2.03. The Bertz CT molecular complexity index is 250. The summed E-state index contributed by atoms with van der Waals surface area (Å²) in [6, 6.07) is 0. The standard InChI is InChI=1S/C7H6ClNO/c1-5-4-6(9-8)2-3-7(5)10/h2-4H,1H3/b9-6-. The molecule has 0 amide bonds. The van der Waals surface area contributed by atoms with Gasteiger partial charge in [0.2, 0.25) is 0 Å². The lowest BCUT2D eigenvalue weighted by molar-refractivity contribution is -0.111. The Balaban J connectivity index is 2.95. The van der Waals surface area contributed by atoms with E-state index < -0.39 is 0 Å². The smallest absolute Gasteiger partial charge is 0.181 e. The summed E-state index contributed by atoms with van der Waals surface area (Å²) in [5.74, 6) is 0.0177. The molecule has 0 N–H and O–H groups in total. The molecule has 0 radical (unpaired) electrons. The van der Waals surface area contributed by atoms with Crippen molar-refractivity contribution < 1.29 is 4.79 Å². The average molecular weight is 156 g/mol. The van der Waals surface area contributed by atoms with E-state index in [0.29, 0.717) is 11.3 Å². The van der Waals surface area contributed by atoms with Gasteiger partial charge in [-0.05, 0) is 30.7 Å². The Morgan fingerprint density at radius 3 is 2.70 bits per heavy atom. The van der Waals surface area contributed by atoms with Crippen molar-refractivity contribution in [3.8, 4) is 0 Å². The number of carbonyl (C=O) groups is 1. The Morgan fingerprint density at radius 1 is 1.50 bits per heavy atom. The van der Waals surface area contributed by atoms with Crippen LogP contribution in [0, 0.1) is 0 Å². The van der Waals surface area contributed by atoms with E-state index in [1.54, 1.807) is 19.1 Å². The van der Waals surface area contributed by atoms with Crippen LogP contribution in [0.15, 0.2) is 28.3 Å².